The number of carbonyl (C=O) groups is 1. The predicted molar refractivity (Wildman–Crippen MR) is 70.3 cm³/mol. The molecule has 0 spiro atoms. The molecule has 0 bridgehead atoms. The number of amides is 1. The summed E-state index contributed by atoms with van der Waals surface area (Å²) in [5.74, 6) is -0.564. The maximum Gasteiger partial charge on any atom is 0.241 e. The van der Waals surface area contributed by atoms with Crippen LogP contribution in [0.15, 0.2) is 18.2 Å². The highest BCUT2D eigenvalue weighted by atomic mass is 19.1. The maximum absolute atomic E-state index is 13.6. The van der Waals surface area contributed by atoms with Gasteiger partial charge in [-0.3, -0.25) is 4.79 Å². The molecule has 1 unspecified atom stereocenters. The molecule has 4 nitrogen and oxygen atoms in total. The zero-order chi connectivity index (χ0) is 14.0. The monoisotopic (exact) mass is 266 g/mol. The summed E-state index contributed by atoms with van der Waals surface area (Å²) in [4.78, 5) is 11.7. The maximum atomic E-state index is 13.6. The van der Waals surface area contributed by atoms with E-state index in [2.05, 4.69) is 5.32 Å². The van der Waals surface area contributed by atoms with Gasteiger partial charge >= 0.3 is 0 Å². The van der Waals surface area contributed by atoms with Gasteiger partial charge in [0.1, 0.15) is 12.1 Å². The zero-order valence-corrected chi connectivity index (χ0v) is 11.2. The fourth-order valence-electron chi connectivity index (χ4n) is 2.28. The summed E-state index contributed by atoms with van der Waals surface area (Å²) in [6.07, 6.45) is 1.87. The van der Waals surface area contributed by atoms with Crippen LogP contribution in [0.4, 0.5) is 4.39 Å². The fourth-order valence-corrected chi connectivity index (χ4v) is 2.28. The van der Waals surface area contributed by atoms with Crippen molar-refractivity contribution in [2.24, 2.45) is 11.7 Å². The minimum Gasteiger partial charge on any atom is -0.488 e. The van der Waals surface area contributed by atoms with Gasteiger partial charge in [0.05, 0.1) is 0 Å². The van der Waals surface area contributed by atoms with Gasteiger partial charge in [-0.05, 0) is 50.4 Å². The smallest absolute Gasteiger partial charge is 0.241 e. The highest BCUT2D eigenvalue weighted by Gasteiger charge is 2.49. The Kier molecular flexibility index (Phi) is 3.75. The molecule has 1 aromatic carbocycles. The quantitative estimate of drug-likeness (QED) is 0.817. The standard InChI is InChI=1S/C14H19FN2O2/c1-9-3-6-11(15)12(7-9)19-8-14(17-2,13(16)18)10-4-5-10/h3,6-7,10,17H,4-5,8H2,1-2H3,(H2,16,18). The Labute approximate surface area is 112 Å². The Morgan fingerprint density at radius 1 is 1.58 bits per heavy atom. The van der Waals surface area contributed by atoms with Gasteiger partial charge in [0.15, 0.2) is 11.6 Å². The number of primary amides is 1. The van der Waals surface area contributed by atoms with E-state index in [-0.39, 0.29) is 18.3 Å². The summed E-state index contributed by atoms with van der Waals surface area (Å²) in [5, 5.41) is 2.96. The summed E-state index contributed by atoms with van der Waals surface area (Å²) in [6, 6.07) is 4.64. The molecule has 0 aromatic heterocycles. The van der Waals surface area contributed by atoms with Gasteiger partial charge in [0, 0.05) is 0 Å². The Morgan fingerprint density at radius 3 is 2.79 bits per heavy atom. The average Bonchev–Trinajstić information content (AvgIpc) is 3.19. The summed E-state index contributed by atoms with van der Waals surface area (Å²) < 4.78 is 19.1. The van der Waals surface area contributed by atoms with Crippen LogP contribution in [-0.2, 0) is 4.79 Å². The lowest BCUT2D eigenvalue weighted by Gasteiger charge is -2.30. The van der Waals surface area contributed by atoms with Gasteiger partial charge in [0.2, 0.25) is 5.91 Å². The lowest BCUT2D eigenvalue weighted by atomic mass is 9.93. The molecule has 1 aromatic rings. The van der Waals surface area contributed by atoms with E-state index in [4.69, 9.17) is 10.5 Å². The van der Waals surface area contributed by atoms with Crippen LogP contribution in [0.1, 0.15) is 18.4 Å². The molecule has 1 aliphatic carbocycles. The summed E-state index contributed by atoms with van der Waals surface area (Å²) >= 11 is 0. The molecule has 2 rings (SSSR count). The lowest BCUT2D eigenvalue weighted by molar-refractivity contribution is -0.126. The third-order valence-electron chi connectivity index (χ3n) is 3.70. The van der Waals surface area contributed by atoms with Crippen LogP contribution in [0, 0.1) is 18.7 Å². The molecule has 19 heavy (non-hydrogen) atoms. The van der Waals surface area contributed by atoms with Crippen molar-refractivity contribution in [2.45, 2.75) is 25.3 Å². The number of halogens is 1. The van der Waals surface area contributed by atoms with Crippen LogP contribution in [-0.4, -0.2) is 25.1 Å². The summed E-state index contributed by atoms with van der Waals surface area (Å²) in [5.41, 5.74) is 5.47. The van der Waals surface area contributed by atoms with E-state index in [0.29, 0.717) is 0 Å². The fraction of sp³-hybridized carbons (Fsp3) is 0.500. The first-order valence-electron chi connectivity index (χ1n) is 6.37. The second-order valence-electron chi connectivity index (χ2n) is 5.08. The Bertz CT molecular complexity index is 488. The van der Waals surface area contributed by atoms with Crippen LogP contribution in [0.5, 0.6) is 5.75 Å². The van der Waals surface area contributed by atoms with Crippen molar-refractivity contribution < 1.29 is 13.9 Å². The molecule has 3 N–H and O–H groups in total. The number of nitrogens with two attached hydrogens (primary N) is 1. The van der Waals surface area contributed by atoms with Crippen molar-refractivity contribution in [1.29, 1.82) is 0 Å². The molecule has 104 valence electrons. The molecule has 1 atom stereocenters. The van der Waals surface area contributed by atoms with Crippen molar-refractivity contribution in [3.8, 4) is 5.75 Å². The van der Waals surface area contributed by atoms with Gasteiger partial charge in [-0.15, -0.1) is 0 Å². The first-order valence-corrected chi connectivity index (χ1v) is 6.37. The van der Waals surface area contributed by atoms with Crippen molar-refractivity contribution in [2.75, 3.05) is 13.7 Å². The number of carbonyl (C=O) groups excluding carboxylic acids is 1. The first kappa shape index (κ1) is 13.8. The second-order valence-corrected chi connectivity index (χ2v) is 5.08. The number of benzene rings is 1. The predicted octanol–water partition coefficient (Wildman–Crippen LogP) is 1.37. The molecule has 1 amide bonds. The number of rotatable bonds is 6. The lowest BCUT2D eigenvalue weighted by Crippen LogP contribution is -2.59. The normalized spacial score (nSPS) is 17.8. The van der Waals surface area contributed by atoms with E-state index in [1.165, 1.54) is 6.07 Å². The summed E-state index contributed by atoms with van der Waals surface area (Å²) in [7, 11) is 1.68. The first-order chi connectivity index (χ1) is 8.99. The largest absolute Gasteiger partial charge is 0.488 e. The van der Waals surface area contributed by atoms with Crippen LogP contribution >= 0.6 is 0 Å². The minimum atomic E-state index is -0.907. The minimum absolute atomic E-state index is 0.0455. The highest BCUT2D eigenvalue weighted by molar-refractivity contribution is 5.85. The zero-order valence-electron chi connectivity index (χ0n) is 11.2. The Hall–Kier alpha value is -1.62. The van der Waals surface area contributed by atoms with E-state index >= 15 is 0 Å². The molecule has 1 fully saturated rings. The summed E-state index contributed by atoms with van der Waals surface area (Å²) in [6.45, 7) is 1.90. The topological polar surface area (TPSA) is 64.3 Å². The van der Waals surface area contributed by atoms with Crippen LogP contribution in [0.25, 0.3) is 0 Å². The molecule has 1 aliphatic rings. The second kappa shape index (κ2) is 5.17. The molecule has 0 aliphatic heterocycles. The number of aryl methyl sites for hydroxylation is 1. The molecule has 0 heterocycles. The van der Waals surface area contributed by atoms with Crippen molar-refractivity contribution in [1.82, 2.24) is 5.32 Å². The van der Waals surface area contributed by atoms with Gasteiger partial charge in [-0.1, -0.05) is 6.07 Å². The van der Waals surface area contributed by atoms with Crippen LogP contribution in [0.2, 0.25) is 0 Å². The van der Waals surface area contributed by atoms with Gasteiger partial charge < -0.3 is 15.8 Å². The van der Waals surface area contributed by atoms with Crippen LogP contribution < -0.4 is 15.8 Å². The molecular weight excluding hydrogens is 247 g/mol. The van der Waals surface area contributed by atoms with Gasteiger partial charge in [-0.2, -0.15) is 0 Å². The van der Waals surface area contributed by atoms with E-state index in [9.17, 15) is 9.18 Å². The van der Waals surface area contributed by atoms with E-state index < -0.39 is 17.3 Å². The van der Waals surface area contributed by atoms with E-state index in [0.717, 1.165) is 18.4 Å². The van der Waals surface area contributed by atoms with Gasteiger partial charge in [0.25, 0.3) is 0 Å². The molecule has 0 radical (unpaired) electrons. The number of hydrogen-bond acceptors (Lipinski definition) is 3. The van der Waals surface area contributed by atoms with Gasteiger partial charge in [-0.25, -0.2) is 4.39 Å². The molecular formula is C14H19FN2O2. The Balaban J connectivity index is 2.15. The van der Waals surface area contributed by atoms with E-state index in [1.807, 2.05) is 6.92 Å². The van der Waals surface area contributed by atoms with Crippen LogP contribution in [0.3, 0.4) is 0 Å². The molecule has 0 saturated heterocycles. The number of nitrogens with one attached hydrogen (secondary N) is 1. The number of likely N-dealkylation sites (N-methyl/N-ethyl adjacent to an activating group) is 1. The number of ether oxygens (including phenoxy) is 1. The molecule has 5 heteroatoms. The third kappa shape index (κ3) is 2.71. The number of hydrogen-bond donors (Lipinski definition) is 2. The molecule has 1 saturated carbocycles. The van der Waals surface area contributed by atoms with E-state index in [1.54, 1.807) is 19.2 Å². The van der Waals surface area contributed by atoms with Crippen molar-refractivity contribution in [3.63, 3.8) is 0 Å². The highest BCUT2D eigenvalue weighted by Crippen LogP contribution is 2.40. The SMILES string of the molecule is CNC(COc1cc(C)ccc1F)(C(N)=O)C1CC1. The van der Waals surface area contributed by atoms with Crippen molar-refractivity contribution in [3.05, 3.63) is 29.6 Å². The van der Waals surface area contributed by atoms with Crippen molar-refractivity contribution >= 4 is 5.91 Å². The third-order valence-corrected chi connectivity index (χ3v) is 3.70. The average molecular weight is 266 g/mol. The Morgan fingerprint density at radius 2 is 2.26 bits per heavy atom.